The first-order chi connectivity index (χ1) is 14.4. The molecule has 8 nitrogen and oxygen atoms in total. The fourth-order valence-electron chi connectivity index (χ4n) is 3.29. The summed E-state index contributed by atoms with van der Waals surface area (Å²) in [5.74, 6) is -0.360. The highest BCUT2D eigenvalue weighted by Crippen LogP contribution is 2.15. The van der Waals surface area contributed by atoms with Gasteiger partial charge in [0.25, 0.3) is 11.8 Å². The molecule has 1 aromatic heterocycles. The second-order valence-corrected chi connectivity index (χ2v) is 7.57. The van der Waals surface area contributed by atoms with Crippen LogP contribution in [0.4, 0.5) is 5.69 Å². The smallest absolute Gasteiger partial charge is 0.257 e. The van der Waals surface area contributed by atoms with Gasteiger partial charge in [0.2, 0.25) is 5.91 Å². The Kier molecular flexibility index (Phi) is 7.13. The molecule has 0 unspecified atom stereocenters. The maximum atomic E-state index is 12.9. The van der Waals surface area contributed by atoms with Gasteiger partial charge in [-0.3, -0.25) is 24.3 Å². The topological polar surface area (TPSA) is 94.6 Å². The van der Waals surface area contributed by atoms with Gasteiger partial charge in [0.1, 0.15) is 0 Å². The number of hydrogen-bond acceptors (Lipinski definition) is 5. The van der Waals surface area contributed by atoms with Gasteiger partial charge in [-0.1, -0.05) is 6.07 Å². The van der Waals surface area contributed by atoms with Crippen LogP contribution in [0.3, 0.4) is 0 Å². The lowest BCUT2D eigenvalue weighted by Crippen LogP contribution is -2.51. The van der Waals surface area contributed by atoms with Crippen LogP contribution in [0.1, 0.15) is 34.6 Å². The van der Waals surface area contributed by atoms with Gasteiger partial charge in [-0.2, -0.15) is 0 Å². The van der Waals surface area contributed by atoms with Crippen molar-refractivity contribution in [3.8, 4) is 0 Å². The van der Waals surface area contributed by atoms with Gasteiger partial charge in [0, 0.05) is 55.9 Å². The van der Waals surface area contributed by atoms with Crippen molar-refractivity contribution in [1.82, 2.24) is 20.1 Å². The number of pyridine rings is 1. The van der Waals surface area contributed by atoms with E-state index in [-0.39, 0.29) is 23.8 Å². The summed E-state index contributed by atoms with van der Waals surface area (Å²) in [5.41, 5.74) is 1.52. The molecule has 3 rings (SSSR count). The molecular weight excluding hydrogens is 382 g/mol. The van der Waals surface area contributed by atoms with Crippen LogP contribution >= 0.6 is 0 Å². The van der Waals surface area contributed by atoms with Crippen molar-refractivity contribution in [3.05, 3.63) is 59.9 Å². The van der Waals surface area contributed by atoms with Crippen LogP contribution in [0, 0.1) is 0 Å². The summed E-state index contributed by atoms with van der Waals surface area (Å²) >= 11 is 0. The Morgan fingerprint density at radius 1 is 1.03 bits per heavy atom. The monoisotopic (exact) mass is 409 g/mol. The lowest BCUT2D eigenvalue weighted by atomic mass is 10.1. The van der Waals surface area contributed by atoms with E-state index in [2.05, 4.69) is 15.6 Å². The summed E-state index contributed by atoms with van der Waals surface area (Å²) in [5, 5.41) is 5.68. The van der Waals surface area contributed by atoms with Crippen molar-refractivity contribution in [3.63, 3.8) is 0 Å². The average Bonchev–Trinajstić information content (AvgIpc) is 2.74. The van der Waals surface area contributed by atoms with E-state index in [0.717, 1.165) is 0 Å². The second kappa shape index (κ2) is 9.98. The van der Waals surface area contributed by atoms with Crippen molar-refractivity contribution in [2.45, 2.75) is 19.9 Å². The second-order valence-electron chi connectivity index (χ2n) is 7.57. The largest absolute Gasteiger partial charge is 0.353 e. The van der Waals surface area contributed by atoms with Crippen LogP contribution < -0.4 is 10.6 Å². The number of anilines is 1. The summed E-state index contributed by atoms with van der Waals surface area (Å²) in [6.07, 6.45) is 3.10. The predicted octanol–water partition coefficient (Wildman–Crippen LogP) is 1.62. The number of aromatic nitrogens is 1. The number of piperazine rings is 1. The Labute approximate surface area is 176 Å². The molecule has 3 amide bonds. The predicted molar refractivity (Wildman–Crippen MR) is 114 cm³/mol. The van der Waals surface area contributed by atoms with E-state index in [4.69, 9.17) is 0 Å². The zero-order chi connectivity index (χ0) is 21.5. The Balaban J connectivity index is 1.55. The molecule has 8 heteroatoms. The standard InChI is InChI=1S/C22H27N5O3/c1-16(2)24-20(28)15-26-9-11-27(12-10-26)22(30)17-5-3-7-19(13-17)25-21(29)18-6-4-8-23-14-18/h3-8,13-14,16H,9-12,15H2,1-2H3,(H,24,28)(H,25,29). The van der Waals surface area contributed by atoms with Gasteiger partial charge in [-0.05, 0) is 44.2 Å². The molecule has 158 valence electrons. The lowest BCUT2D eigenvalue weighted by molar-refractivity contribution is -0.123. The molecule has 1 fully saturated rings. The number of carbonyl (C=O) groups is 3. The van der Waals surface area contributed by atoms with E-state index in [1.807, 2.05) is 18.7 Å². The highest BCUT2D eigenvalue weighted by molar-refractivity contribution is 6.04. The number of amides is 3. The van der Waals surface area contributed by atoms with Crippen LogP contribution in [0.15, 0.2) is 48.8 Å². The maximum absolute atomic E-state index is 12.9. The number of hydrogen-bond donors (Lipinski definition) is 2. The molecule has 1 aliphatic rings. The van der Waals surface area contributed by atoms with Gasteiger partial charge in [0.15, 0.2) is 0 Å². The molecule has 0 saturated carbocycles. The van der Waals surface area contributed by atoms with Crippen molar-refractivity contribution < 1.29 is 14.4 Å². The Bertz CT molecular complexity index is 893. The molecule has 2 N–H and O–H groups in total. The molecule has 2 aromatic rings. The number of rotatable bonds is 6. The third-order valence-corrected chi connectivity index (χ3v) is 4.77. The highest BCUT2D eigenvalue weighted by atomic mass is 16.2. The van der Waals surface area contributed by atoms with Crippen LogP contribution in [-0.4, -0.2) is 71.3 Å². The summed E-state index contributed by atoms with van der Waals surface area (Å²) in [6, 6.07) is 10.4. The van der Waals surface area contributed by atoms with Crippen molar-refractivity contribution in [1.29, 1.82) is 0 Å². The molecule has 2 heterocycles. The fourth-order valence-corrected chi connectivity index (χ4v) is 3.29. The first-order valence-electron chi connectivity index (χ1n) is 10.0. The minimum absolute atomic E-state index is 0.00170. The van der Waals surface area contributed by atoms with Crippen molar-refractivity contribution >= 4 is 23.4 Å². The van der Waals surface area contributed by atoms with E-state index < -0.39 is 0 Å². The molecule has 0 radical (unpaired) electrons. The van der Waals surface area contributed by atoms with Crippen LogP contribution in [-0.2, 0) is 4.79 Å². The summed E-state index contributed by atoms with van der Waals surface area (Å²) in [7, 11) is 0. The van der Waals surface area contributed by atoms with Crippen LogP contribution in [0.5, 0.6) is 0 Å². The molecule has 1 aromatic carbocycles. The Morgan fingerprint density at radius 3 is 2.43 bits per heavy atom. The molecule has 1 aliphatic heterocycles. The number of carbonyl (C=O) groups excluding carboxylic acids is 3. The summed E-state index contributed by atoms with van der Waals surface area (Å²) < 4.78 is 0. The average molecular weight is 409 g/mol. The fraction of sp³-hybridized carbons (Fsp3) is 0.364. The Morgan fingerprint density at radius 2 is 1.77 bits per heavy atom. The van der Waals surface area contributed by atoms with Crippen LogP contribution in [0.2, 0.25) is 0 Å². The molecule has 0 aliphatic carbocycles. The molecular formula is C22H27N5O3. The van der Waals surface area contributed by atoms with E-state index >= 15 is 0 Å². The highest BCUT2D eigenvalue weighted by Gasteiger charge is 2.23. The third kappa shape index (κ3) is 5.87. The van der Waals surface area contributed by atoms with Gasteiger partial charge < -0.3 is 15.5 Å². The normalized spacial score (nSPS) is 14.4. The van der Waals surface area contributed by atoms with Gasteiger partial charge in [0.05, 0.1) is 12.1 Å². The van der Waals surface area contributed by atoms with Gasteiger partial charge in [-0.15, -0.1) is 0 Å². The van der Waals surface area contributed by atoms with E-state index in [0.29, 0.717) is 49.5 Å². The maximum Gasteiger partial charge on any atom is 0.257 e. The quantitative estimate of drug-likeness (QED) is 0.756. The summed E-state index contributed by atoms with van der Waals surface area (Å²) in [6.45, 7) is 6.61. The zero-order valence-electron chi connectivity index (χ0n) is 17.3. The van der Waals surface area contributed by atoms with E-state index in [9.17, 15) is 14.4 Å². The minimum Gasteiger partial charge on any atom is -0.353 e. The molecule has 0 bridgehead atoms. The van der Waals surface area contributed by atoms with E-state index in [1.54, 1.807) is 47.5 Å². The molecule has 0 spiro atoms. The summed E-state index contributed by atoms with van der Waals surface area (Å²) in [4.78, 5) is 44.9. The van der Waals surface area contributed by atoms with Gasteiger partial charge in [-0.25, -0.2) is 0 Å². The third-order valence-electron chi connectivity index (χ3n) is 4.77. The molecule has 1 saturated heterocycles. The number of nitrogens with zero attached hydrogens (tertiary/aromatic N) is 3. The first kappa shape index (κ1) is 21.4. The zero-order valence-corrected chi connectivity index (χ0v) is 17.3. The van der Waals surface area contributed by atoms with E-state index in [1.165, 1.54) is 6.20 Å². The van der Waals surface area contributed by atoms with Crippen molar-refractivity contribution in [2.24, 2.45) is 0 Å². The van der Waals surface area contributed by atoms with Crippen molar-refractivity contribution in [2.75, 3.05) is 38.0 Å². The lowest BCUT2D eigenvalue weighted by Gasteiger charge is -2.34. The Hall–Kier alpha value is -3.26. The number of nitrogens with one attached hydrogen (secondary N) is 2. The number of benzene rings is 1. The minimum atomic E-state index is -0.277. The SMILES string of the molecule is CC(C)NC(=O)CN1CCN(C(=O)c2cccc(NC(=O)c3cccnc3)c2)CC1. The first-order valence-corrected chi connectivity index (χ1v) is 10.0. The molecule has 30 heavy (non-hydrogen) atoms. The van der Waals surface area contributed by atoms with Crippen LogP contribution in [0.25, 0.3) is 0 Å². The van der Waals surface area contributed by atoms with Gasteiger partial charge >= 0.3 is 0 Å². The molecule has 0 atom stereocenters.